The van der Waals surface area contributed by atoms with E-state index in [9.17, 15) is 4.55 Å². The molecule has 198 valence electrons. The predicted octanol–water partition coefficient (Wildman–Crippen LogP) is 5.74. The van der Waals surface area contributed by atoms with Gasteiger partial charge in [-0.15, -0.1) is 0 Å². The molecule has 3 aliphatic rings. The number of likely N-dealkylation sites (tertiary alicyclic amines) is 1. The summed E-state index contributed by atoms with van der Waals surface area (Å²) in [6.45, 7) is 5.91. The molecule has 0 spiro atoms. The minimum Gasteiger partial charge on any atom is -0.467 e. The maximum atomic E-state index is 9.58. The molecular formula is C28H36ClN5O2S. The first-order chi connectivity index (χ1) is 18.1. The lowest BCUT2D eigenvalue weighted by atomic mass is 10.0. The van der Waals surface area contributed by atoms with Gasteiger partial charge in [0.25, 0.3) is 0 Å². The van der Waals surface area contributed by atoms with Gasteiger partial charge in [-0.25, -0.2) is 0 Å². The van der Waals surface area contributed by atoms with Crippen molar-refractivity contribution in [2.24, 2.45) is 0 Å². The lowest BCUT2D eigenvalue weighted by Crippen LogP contribution is -2.40. The van der Waals surface area contributed by atoms with Crippen LogP contribution in [0, 0.1) is 0 Å². The second-order valence-electron chi connectivity index (χ2n) is 10.1. The van der Waals surface area contributed by atoms with Crippen LogP contribution in [0.2, 0.25) is 5.02 Å². The third-order valence-corrected chi connectivity index (χ3v) is 8.53. The van der Waals surface area contributed by atoms with Crippen molar-refractivity contribution in [2.75, 3.05) is 56.7 Å². The number of ether oxygens (including phenoxy) is 1. The van der Waals surface area contributed by atoms with Crippen LogP contribution in [0.25, 0.3) is 10.8 Å². The summed E-state index contributed by atoms with van der Waals surface area (Å²) >= 11 is 7.54. The van der Waals surface area contributed by atoms with E-state index in [4.69, 9.17) is 26.3 Å². The molecule has 1 atom stereocenters. The van der Waals surface area contributed by atoms with E-state index < -0.39 is 0 Å². The summed E-state index contributed by atoms with van der Waals surface area (Å²) in [4.78, 5) is 16.4. The van der Waals surface area contributed by atoms with Crippen LogP contribution < -0.4 is 14.5 Å². The minimum atomic E-state index is 0.211. The molecule has 9 heteroatoms. The van der Waals surface area contributed by atoms with Gasteiger partial charge in [-0.3, -0.25) is 0 Å². The van der Waals surface area contributed by atoms with Crippen molar-refractivity contribution in [1.29, 1.82) is 0 Å². The van der Waals surface area contributed by atoms with E-state index in [1.165, 1.54) is 31.5 Å². The summed E-state index contributed by atoms with van der Waals surface area (Å²) in [5, 5.41) is 3.19. The van der Waals surface area contributed by atoms with E-state index in [2.05, 4.69) is 46.0 Å². The summed E-state index contributed by atoms with van der Waals surface area (Å²) in [5.41, 5.74) is 3.31. The molecule has 7 nitrogen and oxygen atoms in total. The van der Waals surface area contributed by atoms with Crippen LogP contribution in [0.15, 0.2) is 36.4 Å². The number of rotatable bonds is 4. The molecule has 3 aromatic rings. The molecule has 1 unspecified atom stereocenters. The quantitative estimate of drug-likeness (QED) is 0.419. The monoisotopic (exact) mass is 541 g/mol. The molecule has 0 amide bonds. The van der Waals surface area contributed by atoms with Crippen molar-refractivity contribution in [3.63, 3.8) is 0 Å². The van der Waals surface area contributed by atoms with E-state index in [1.807, 2.05) is 12.1 Å². The molecule has 2 aromatic carbocycles. The van der Waals surface area contributed by atoms with Crippen molar-refractivity contribution in [3.8, 4) is 6.01 Å². The predicted molar refractivity (Wildman–Crippen MR) is 154 cm³/mol. The van der Waals surface area contributed by atoms with Crippen molar-refractivity contribution >= 4 is 45.9 Å². The fourth-order valence-corrected chi connectivity index (χ4v) is 6.38. The normalized spacial score (nSPS) is 19.9. The van der Waals surface area contributed by atoms with Crippen molar-refractivity contribution < 1.29 is 9.29 Å². The van der Waals surface area contributed by atoms with Crippen LogP contribution in [0.3, 0.4) is 0 Å². The zero-order chi connectivity index (χ0) is 25.8. The Hall–Kier alpha value is -2.26. The molecule has 1 aromatic heterocycles. The maximum absolute atomic E-state index is 9.58. The zero-order valence-corrected chi connectivity index (χ0v) is 23.3. The van der Waals surface area contributed by atoms with Crippen LogP contribution in [-0.2, 0) is 13.0 Å². The third-order valence-electron chi connectivity index (χ3n) is 7.53. The Labute approximate surface area is 229 Å². The Balaban J connectivity index is 0.000000412. The fourth-order valence-electron chi connectivity index (χ4n) is 5.58. The lowest BCUT2D eigenvalue weighted by Gasteiger charge is -2.36. The van der Waals surface area contributed by atoms with E-state index in [-0.39, 0.29) is 5.25 Å². The summed E-state index contributed by atoms with van der Waals surface area (Å²) in [6, 6.07) is 12.7. The van der Waals surface area contributed by atoms with Gasteiger partial charge in [0.2, 0.25) is 0 Å². The standard InChI is InChI=1S/C23H25ClN4O2S.C5H11N/c1-30-23-25-19-14-27(20-9-3-6-15-5-2-8-18(24)21(15)20)12-10-17(19)22(26-23)28-11-4-7-16(13-28)31-29;1-6-4-2-3-5-6/h2-3,5-6,8-9,16,29H,4,7,10-14H2,1H3;2-5H2,1H3. The number of piperidine rings is 1. The summed E-state index contributed by atoms with van der Waals surface area (Å²) in [5.74, 6) is 0.955. The second-order valence-corrected chi connectivity index (χ2v) is 11.4. The number of fused-ring (bicyclic) bond motifs is 2. The Morgan fingerprint density at radius 3 is 2.49 bits per heavy atom. The average molecular weight is 542 g/mol. The smallest absolute Gasteiger partial charge is 0.318 e. The largest absolute Gasteiger partial charge is 0.467 e. The molecule has 4 heterocycles. The van der Waals surface area contributed by atoms with Crippen molar-refractivity contribution in [1.82, 2.24) is 14.9 Å². The van der Waals surface area contributed by atoms with Gasteiger partial charge < -0.3 is 24.0 Å². The molecule has 0 saturated carbocycles. The first kappa shape index (κ1) is 26.4. The van der Waals surface area contributed by atoms with Crippen LogP contribution >= 0.6 is 23.6 Å². The van der Waals surface area contributed by atoms with Gasteiger partial charge in [-0.2, -0.15) is 9.97 Å². The maximum Gasteiger partial charge on any atom is 0.318 e. The lowest BCUT2D eigenvalue weighted by molar-refractivity contribution is 0.376. The Bertz CT molecular complexity index is 1220. The van der Waals surface area contributed by atoms with Gasteiger partial charge in [0, 0.05) is 41.5 Å². The van der Waals surface area contributed by atoms with E-state index in [0.29, 0.717) is 12.6 Å². The number of methoxy groups -OCH3 is 1. The summed E-state index contributed by atoms with van der Waals surface area (Å²) in [6.07, 6.45) is 5.74. The van der Waals surface area contributed by atoms with Crippen LogP contribution in [0.5, 0.6) is 6.01 Å². The van der Waals surface area contributed by atoms with Gasteiger partial charge in [-0.05, 0) is 81.8 Å². The van der Waals surface area contributed by atoms with Gasteiger partial charge in [0.05, 0.1) is 24.4 Å². The van der Waals surface area contributed by atoms with Crippen molar-refractivity contribution in [3.05, 3.63) is 52.7 Å². The fraction of sp³-hybridized carbons (Fsp3) is 0.500. The van der Waals surface area contributed by atoms with E-state index in [1.54, 1.807) is 7.11 Å². The molecular weight excluding hydrogens is 506 g/mol. The highest BCUT2D eigenvalue weighted by atomic mass is 35.5. The number of halogens is 1. The van der Waals surface area contributed by atoms with Crippen molar-refractivity contribution in [2.45, 2.75) is 43.9 Å². The zero-order valence-electron chi connectivity index (χ0n) is 21.7. The number of hydrogen-bond acceptors (Lipinski definition) is 8. The minimum absolute atomic E-state index is 0.211. The number of anilines is 2. The van der Waals surface area contributed by atoms with Gasteiger partial charge in [-0.1, -0.05) is 35.9 Å². The highest BCUT2D eigenvalue weighted by Crippen LogP contribution is 2.37. The number of hydrogen-bond donors (Lipinski definition) is 1. The summed E-state index contributed by atoms with van der Waals surface area (Å²) in [7, 11) is 3.78. The average Bonchev–Trinajstić information content (AvgIpc) is 3.43. The Kier molecular flexibility index (Phi) is 8.60. The third kappa shape index (κ3) is 5.93. The molecule has 2 fully saturated rings. The van der Waals surface area contributed by atoms with E-state index in [0.717, 1.165) is 83.9 Å². The molecule has 2 saturated heterocycles. The highest BCUT2D eigenvalue weighted by molar-refractivity contribution is 7.94. The number of nitrogens with zero attached hydrogens (tertiary/aromatic N) is 5. The first-order valence-corrected chi connectivity index (χ1v) is 14.4. The molecule has 37 heavy (non-hydrogen) atoms. The van der Waals surface area contributed by atoms with Crippen LogP contribution in [0.1, 0.15) is 36.9 Å². The highest BCUT2D eigenvalue weighted by Gasteiger charge is 2.29. The SMILES string of the molecule is CN1CCCC1.COc1nc2c(c(N3CCCC(SO)C3)n1)CCN(c1cccc3cccc(Cl)c13)C2. The number of aromatic nitrogens is 2. The first-order valence-electron chi connectivity index (χ1n) is 13.2. The van der Waals surface area contributed by atoms with Crippen LogP contribution in [-0.4, -0.2) is 71.6 Å². The van der Waals surface area contributed by atoms with Gasteiger partial charge in [0.15, 0.2) is 0 Å². The van der Waals surface area contributed by atoms with Gasteiger partial charge >= 0.3 is 6.01 Å². The Morgan fingerprint density at radius 2 is 1.78 bits per heavy atom. The molecule has 6 rings (SSSR count). The molecule has 1 N–H and O–H groups in total. The van der Waals surface area contributed by atoms with Crippen LogP contribution in [0.4, 0.5) is 11.5 Å². The van der Waals surface area contributed by atoms with E-state index >= 15 is 0 Å². The topological polar surface area (TPSA) is 65.0 Å². The number of benzene rings is 2. The molecule has 0 bridgehead atoms. The Morgan fingerprint density at radius 1 is 1.00 bits per heavy atom. The summed E-state index contributed by atoms with van der Waals surface area (Å²) < 4.78 is 15.0. The molecule has 3 aliphatic heterocycles. The molecule has 0 aliphatic carbocycles. The van der Waals surface area contributed by atoms with Gasteiger partial charge in [0.1, 0.15) is 5.82 Å². The second kappa shape index (κ2) is 12.1. The molecule has 0 radical (unpaired) electrons.